The van der Waals surface area contributed by atoms with Crippen LogP contribution < -0.4 is 5.32 Å². The molecule has 0 aliphatic rings. The first-order valence-corrected chi connectivity index (χ1v) is 4.37. The number of carbonyl (C=O) groups is 2. The van der Waals surface area contributed by atoms with E-state index in [9.17, 15) is 14.0 Å². The maximum Gasteiger partial charge on any atom is 0.340 e. The van der Waals surface area contributed by atoms with Crippen molar-refractivity contribution in [2.75, 3.05) is 19.0 Å². The highest BCUT2D eigenvalue weighted by Gasteiger charge is 2.16. The number of halogens is 1. The van der Waals surface area contributed by atoms with Gasteiger partial charge < -0.3 is 15.2 Å². The zero-order chi connectivity index (χ0) is 12.1. The molecule has 0 aliphatic carbocycles. The van der Waals surface area contributed by atoms with E-state index in [1.165, 1.54) is 19.2 Å². The molecule has 0 saturated heterocycles. The average Bonchev–Trinajstić information content (AvgIpc) is 2.17. The molecule has 0 aliphatic heterocycles. The second-order valence-corrected chi connectivity index (χ2v) is 2.95. The fourth-order valence-corrected chi connectivity index (χ4v) is 1.16. The molecule has 2 N–H and O–H groups in total. The molecule has 0 spiro atoms. The summed E-state index contributed by atoms with van der Waals surface area (Å²) in [6, 6.07) is 3.62. The lowest BCUT2D eigenvalue weighted by Gasteiger charge is -2.08. The van der Waals surface area contributed by atoms with E-state index in [1.807, 2.05) is 0 Å². The molecule has 0 saturated carbocycles. The summed E-state index contributed by atoms with van der Waals surface area (Å²) >= 11 is 0. The molecule has 0 aromatic heterocycles. The molecule has 0 radical (unpaired) electrons. The van der Waals surface area contributed by atoms with E-state index in [4.69, 9.17) is 5.11 Å². The van der Waals surface area contributed by atoms with E-state index in [-0.39, 0.29) is 12.3 Å². The fraction of sp³-hybridized carbons (Fsp3) is 0.200. The van der Waals surface area contributed by atoms with Gasteiger partial charge >= 0.3 is 5.97 Å². The summed E-state index contributed by atoms with van der Waals surface area (Å²) in [7, 11) is 1.32. The van der Waals surface area contributed by atoms with Gasteiger partial charge in [-0.2, -0.15) is 0 Å². The molecule has 6 heteroatoms. The van der Waals surface area contributed by atoms with Crippen LogP contribution in [-0.2, 0) is 9.53 Å². The number of anilines is 1. The third-order valence-electron chi connectivity index (χ3n) is 1.78. The van der Waals surface area contributed by atoms with Crippen molar-refractivity contribution < 1.29 is 23.8 Å². The molecule has 16 heavy (non-hydrogen) atoms. The fourth-order valence-electron chi connectivity index (χ4n) is 1.16. The number of amides is 1. The van der Waals surface area contributed by atoms with Gasteiger partial charge in [0.1, 0.15) is 18.0 Å². The van der Waals surface area contributed by atoms with E-state index >= 15 is 0 Å². The number of aromatic carboxylic acids is 1. The quantitative estimate of drug-likeness (QED) is 0.807. The molecule has 0 unspecified atom stereocenters. The molecule has 0 atom stereocenters. The Labute approximate surface area is 90.8 Å². The SMILES string of the molecule is COCC(=O)Nc1cccc(F)c1C(=O)O. The van der Waals surface area contributed by atoms with Crippen molar-refractivity contribution in [3.05, 3.63) is 29.6 Å². The van der Waals surface area contributed by atoms with Crippen LogP contribution in [0, 0.1) is 5.82 Å². The van der Waals surface area contributed by atoms with Crippen molar-refractivity contribution in [3.63, 3.8) is 0 Å². The lowest BCUT2D eigenvalue weighted by Crippen LogP contribution is -2.19. The van der Waals surface area contributed by atoms with Gasteiger partial charge in [0.05, 0.1) is 5.69 Å². The Morgan fingerprint density at radius 3 is 2.75 bits per heavy atom. The van der Waals surface area contributed by atoms with Crippen LogP contribution in [0.2, 0.25) is 0 Å². The van der Waals surface area contributed by atoms with E-state index in [0.29, 0.717) is 0 Å². The van der Waals surface area contributed by atoms with Crippen molar-refractivity contribution in [1.29, 1.82) is 0 Å². The number of carboxylic acid groups (broad SMARTS) is 1. The Morgan fingerprint density at radius 2 is 2.19 bits per heavy atom. The average molecular weight is 227 g/mol. The second kappa shape index (κ2) is 5.22. The molecule has 1 amide bonds. The zero-order valence-electron chi connectivity index (χ0n) is 8.49. The van der Waals surface area contributed by atoms with E-state index < -0.39 is 23.3 Å². The van der Waals surface area contributed by atoms with E-state index in [0.717, 1.165) is 6.07 Å². The Bertz CT molecular complexity index is 419. The Kier molecular flexibility index (Phi) is 3.96. The summed E-state index contributed by atoms with van der Waals surface area (Å²) in [6.45, 7) is -0.227. The summed E-state index contributed by atoms with van der Waals surface area (Å²) in [6.07, 6.45) is 0. The normalized spacial score (nSPS) is 9.88. The number of benzene rings is 1. The van der Waals surface area contributed by atoms with Gasteiger partial charge in [-0.1, -0.05) is 6.07 Å². The van der Waals surface area contributed by atoms with Crippen LogP contribution in [0.25, 0.3) is 0 Å². The molecule has 86 valence electrons. The van der Waals surface area contributed by atoms with E-state index in [2.05, 4.69) is 10.1 Å². The topological polar surface area (TPSA) is 75.6 Å². The van der Waals surface area contributed by atoms with Gasteiger partial charge in [-0.05, 0) is 12.1 Å². The van der Waals surface area contributed by atoms with Gasteiger partial charge in [-0.25, -0.2) is 9.18 Å². The molecular formula is C10H10FNO4. The predicted octanol–water partition coefficient (Wildman–Crippen LogP) is 1.11. The number of hydrogen-bond acceptors (Lipinski definition) is 3. The minimum atomic E-state index is -1.44. The van der Waals surface area contributed by atoms with Crippen molar-refractivity contribution in [2.24, 2.45) is 0 Å². The smallest absolute Gasteiger partial charge is 0.340 e. The van der Waals surface area contributed by atoms with Gasteiger partial charge in [0, 0.05) is 7.11 Å². The van der Waals surface area contributed by atoms with Crippen LogP contribution in [0.1, 0.15) is 10.4 Å². The molecule has 1 aromatic rings. The first-order chi connectivity index (χ1) is 7.56. The monoisotopic (exact) mass is 227 g/mol. The number of carboxylic acids is 1. The van der Waals surface area contributed by atoms with Crippen molar-refractivity contribution >= 4 is 17.6 Å². The number of carbonyl (C=O) groups excluding carboxylic acids is 1. The maximum atomic E-state index is 13.2. The number of nitrogens with one attached hydrogen (secondary N) is 1. The summed E-state index contributed by atoms with van der Waals surface area (Å²) < 4.78 is 17.7. The zero-order valence-corrected chi connectivity index (χ0v) is 8.49. The molecule has 0 bridgehead atoms. The highest BCUT2D eigenvalue weighted by Crippen LogP contribution is 2.18. The maximum absolute atomic E-state index is 13.2. The second-order valence-electron chi connectivity index (χ2n) is 2.95. The van der Waals surface area contributed by atoms with Crippen molar-refractivity contribution in [3.8, 4) is 0 Å². The minimum Gasteiger partial charge on any atom is -0.478 e. The van der Waals surface area contributed by atoms with Gasteiger partial charge in [-0.3, -0.25) is 4.79 Å². The number of hydrogen-bond donors (Lipinski definition) is 2. The predicted molar refractivity (Wildman–Crippen MR) is 53.9 cm³/mol. The van der Waals surface area contributed by atoms with Crippen LogP contribution in [-0.4, -0.2) is 30.7 Å². The highest BCUT2D eigenvalue weighted by molar-refractivity contribution is 6.01. The standard InChI is InChI=1S/C10H10FNO4/c1-16-5-8(13)12-7-4-2-3-6(11)9(7)10(14)15/h2-4H,5H2,1H3,(H,12,13)(H,14,15). The summed E-state index contributed by atoms with van der Waals surface area (Å²) in [5.74, 6) is -2.89. The largest absolute Gasteiger partial charge is 0.478 e. The van der Waals surface area contributed by atoms with Crippen LogP contribution in [0.3, 0.4) is 0 Å². The summed E-state index contributed by atoms with van der Waals surface area (Å²) in [5, 5.41) is 11.0. The Balaban J connectivity index is 3.00. The molecule has 1 rings (SSSR count). The lowest BCUT2D eigenvalue weighted by molar-refractivity contribution is -0.119. The number of methoxy groups -OCH3 is 1. The van der Waals surface area contributed by atoms with Gasteiger partial charge in [0.25, 0.3) is 0 Å². The first kappa shape index (κ1) is 12.1. The van der Waals surface area contributed by atoms with Crippen molar-refractivity contribution in [1.82, 2.24) is 0 Å². The summed E-state index contributed by atoms with van der Waals surface area (Å²) in [4.78, 5) is 21.9. The van der Waals surface area contributed by atoms with Crippen LogP contribution in [0.4, 0.5) is 10.1 Å². The molecule has 1 aromatic carbocycles. The summed E-state index contributed by atoms with van der Waals surface area (Å²) in [5.41, 5.74) is -0.651. The molecule has 5 nitrogen and oxygen atoms in total. The van der Waals surface area contributed by atoms with Gasteiger partial charge in [0.15, 0.2) is 0 Å². The van der Waals surface area contributed by atoms with Crippen LogP contribution in [0.5, 0.6) is 0 Å². The lowest BCUT2D eigenvalue weighted by atomic mass is 10.1. The Morgan fingerprint density at radius 1 is 1.50 bits per heavy atom. The van der Waals surface area contributed by atoms with Gasteiger partial charge in [0.2, 0.25) is 5.91 Å². The van der Waals surface area contributed by atoms with Crippen LogP contribution >= 0.6 is 0 Å². The van der Waals surface area contributed by atoms with Crippen molar-refractivity contribution in [2.45, 2.75) is 0 Å². The third kappa shape index (κ3) is 2.77. The van der Waals surface area contributed by atoms with Crippen LogP contribution in [0.15, 0.2) is 18.2 Å². The Hall–Kier alpha value is -1.95. The number of ether oxygens (including phenoxy) is 1. The third-order valence-corrected chi connectivity index (χ3v) is 1.78. The molecule has 0 fully saturated rings. The van der Waals surface area contributed by atoms with E-state index in [1.54, 1.807) is 0 Å². The molecular weight excluding hydrogens is 217 g/mol. The first-order valence-electron chi connectivity index (χ1n) is 4.37. The molecule has 0 heterocycles. The minimum absolute atomic E-state index is 0.0884. The highest BCUT2D eigenvalue weighted by atomic mass is 19.1. The van der Waals surface area contributed by atoms with Gasteiger partial charge in [-0.15, -0.1) is 0 Å². The number of rotatable bonds is 4.